The van der Waals surface area contributed by atoms with Crippen LogP contribution in [-0.2, 0) is 0 Å². The second kappa shape index (κ2) is 4.32. The van der Waals surface area contributed by atoms with Gasteiger partial charge in [-0.05, 0) is 17.7 Å². The van der Waals surface area contributed by atoms with Gasteiger partial charge in [0.2, 0.25) is 5.28 Å². The summed E-state index contributed by atoms with van der Waals surface area (Å²) in [7, 11) is 0. The van der Waals surface area contributed by atoms with Crippen LogP contribution in [0.4, 0.5) is 0 Å². The van der Waals surface area contributed by atoms with Gasteiger partial charge in [-0.2, -0.15) is 4.98 Å². The van der Waals surface area contributed by atoms with Gasteiger partial charge in [-0.1, -0.05) is 48.5 Å². The van der Waals surface area contributed by atoms with Gasteiger partial charge < -0.3 is 4.98 Å². The molecule has 0 aliphatic rings. The normalized spacial score (nSPS) is 11.2. The SMILES string of the molecule is Clc1nc(-c2ccccc2)c2c(n1)[nH]c1ccccc12. The number of rotatable bonds is 1. The molecule has 0 aliphatic heterocycles. The van der Waals surface area contributed by atoms with E-state index in [0.717, 1.165) is 33.2 Å². The first-order valence-electron chi connectivity index (χ1n) is 6.32. The fourth-order valence-corrected chi connectivity index (χ4v) is 2.69. The smallest absolute Gasteiger partial charge is 0.224 e. The van der Waals surface area contributed by atoms with E-state index in [2.05, 4.69) is 21.0 Å². The van der Waals surface area contributed by atoms with Crippen LogP contribution in [-0.4, -0.2) is 15.0 Å². The maximum atomic E-state index is 6.06. The van der Waals surface area contributed by atoms with Crippen LogP contribution in [0.25, 0.3) is 33.2 Å². The number of fused-ring (bicyclic) bond motifs is 3. The van der Waals surface area contributed by atoms with E-state index in [1.54, 1.807) is 0 Å². The van der Waals surface area contributed by atoms with Crippen molar-refractivity contribution in [2.45, 2.75) is 0 Å². The molecule has 4 heteroatoms. The maximum absolute atomic E-state index is 6.06. The molecule has 4 aromatic rings. The number of para-hydroxylation sites is 1. The molecule has 4 rings (SSSR count). The molecule has 0 bridgehead atoms. The Labute approximate surface area is 120 Å². The minimum Gasteiger partial charge on any atom is -0.339 e. The van der Waals surface area contributed by atoms with Gasteiger partial charge in [0.15, 0.2) is 0 Å². The Morgan fingerprint density at radius 3 is 2.45 bits per heavy atom. The monoisotopic (exact) mass is 279 g/mol. The summed E-state index contributed by atoms with van der Waals surface area (Å²) in [5.41, 5.74) is 3.70. The minimum absolute atomic E-state index is 0.253. The Kier molecular flexibility index (Phi) is 2.47. The third kappa shape index (κ3) is 1.67. The third-order valence-electron chi connectivity index (χ3n) is 3.38. The lowest BCUT2D eigenvalue weighted by molar-refractivity contribution is 1.21. The van der Waals surface area contributed by atoms with E-state index in [9.17, 15) is 0 Å². The molecule has 0 saturated carbocycles. The zero-order valence-corrected chi connectivity index (χ0v) is 11.2. The van der Waals surface area contributed by atoms with Gasteiger partial charge in [0.1, 0.15) is 5.65 Å². The van der Waals surface area contributed by atoms with Crippen LogP contribution in [0.1, 0.15) is 0 Å². The molecule has 0 atom stereocenters. The molecule has 0 spiro atoms. The van der Waals surface area contributed by atoms with Crippen LogP contribution in [0.15, 0.2) is 54.6 Å². The number of benzene rings is 2. The molecule has 0 amide bonds. The van der Waals surface area contributed by atoms with Crippen LogP contribution in [0.2, 0.25) is 5.28 Å². The summed E-state index contributed by atoms with van der Waals surface area (Å²) in [5.74, 6) is 0. The number of H-pyrrole nitrogens is 1. The molecule has 96 valence electrons. The average Bonchev–Trinajstić information content (AvgIpc) is 2.85. The molecule has 2 heterocycles. The average molecular weight is 280 g/mol. The summed E-state index contributed by atoms with van der Waals surface area (Å²) in [4.78, 5) is 12.0. The quantitative estimate of drug-likeness (QED) is 0.524. The van der Waals surface area contributed by atoms with Gasteiger partial charge in [-0.3, -0.25) is 0 Å². The van der Waals surface area contributed by atoms with Crippen molar-refractivity contribution in [1.29, 1.82) is 0 Å². The maximum Gasteiger partial charge on any atom is 0.224 e. The summed E-state index contributed by atoms with van der Waals surface area (Å²) in [6, 6.07) is 18.1. The van der Waals surface area contributed by atoms with Crippen molar-refractivity contribution in [1.82, 2.24) is 15.0 Å². The second-order valence-corrected chi connectivity index (χ2v) is 4.94. The van der Waals surface area contributed by atoms with E-state index in [1.165, 1.54) is 0 Å². The van der Waals surface area contributed by atoms with Crippen molar-refractivity contribution in [2.75, 3.05) is 0 Å². The molecule has 2 aromatic heterocycles. The predicted octanol–water partition coefficient (Wildman–Crippen LogP) is 4.43. The van der Waals surface area contributed by atoms with Crippen molar-refractivity contribution in [2.24, 2.45) is 0 Å². The Morgan fingerprint density at radius 2 is 1.60 bits per heavy atom. The first kappa shape index (κ1) is 11.4. The van der Waals surface area contributed by atoms with Crippen LogP contribution in [0, 0.1) is 0 Å². The number of hydrogen-bond donors (Lipinski definition) is 1. The Bertz CT molecular complexity index is 913. The molecule has 20 heavy (non-hydrogen) atoms. The zero-order chi connectivity index (χ0) is 13.5. The van der Waals surface area contributed by atoms with E-state index < -0.39 is 0 Å². The van der Waals surface area contributed by atoms with Crippen LogP contribution < -0.4 is 0 Å². The molecule has 2 aromatic carbocycles. The molecule has 0 saturated heterocycles. The van der Waals surface area contributed by atoms with Gasteiger partial charge in [-0.15, -0.1) is 0 Å². The Morgan fingerprint density at radius 1 is 0.850 bits per heavy atom. The van der Waals surface area contributed by atoms with E-state index in [0.29, 0.717) is 0 Å². The van der Waals surface area contributed by atoms with E-state index in [1.807, 2.05) is 48.5 Å². The first-order chi connectivity index (χ1) is 9.83. The lowest BCUT2D eigenvalue weighted by atomic mass is 10.1. The van der Waals surface area contributed by atoms with Crippen molar-refractivity contribution in [3.05, 3.63) is 59.9 Å². The number of nitrogens with zero attached hydrogens (tertiary/aromatic N) is 2. The van der Waals surface area contributed by atoms with Crippen molar-refractivity contribution in [3.8, 4) is 11.3 Å². The lowest BCUT2D eigenvalue weighted by Gasteiger charge is -2.03. The Balaban J connectivity index is 2.19. The van der Waals surface area contributed by atoms with Gasteiger partial charge in [-0.25, -0.2) is 4.98 Å². The highest BCUT2D eigenvalue weighted by atomic mass is 35.5. The zero-order valence-electron chi connectivity index (χ0n) is 10.5. The van der Waals surface area contributed by atoms with E-state index in [-0.39, 0.29) is 5.28 Å². The summed E-state index contributed by atoms with van der Waals surface area (Å²) in [6.07, 6.45) is 0. The van der Waals surface area contributed by atoms with Crippen LogP contribution in [0.5, 0.6) is 0 Å². The van der Waals surface area contributed by atoms with Crippen LogP contribution >= 0.6 is 11.6 Å². The molecular formula is C16H10ClN3. The van der Waals surface area contributed by atoms with Crippen molar-refractivity contribution >= 4 is 33.5 Å². The summed E-state index contributed by atoms with van der Waals surface area (Å²) < 4.78 is 0. The van der Waals surface area contributed by atoms with Gasteiger partial charge in [0.25, 0.3) is 0 Å². The summed E-state index contributed by atoms with van der Waals surface area (Å²) in [5, 5.41) is 2.37. The molecule has 1 N–H and O–H groups in total. The molecule has 3 nitrogen and oxygen atoms in total. The molecular weight excluding hydrogens is 270 g/mol. The molecule has 0 aliphatic carbocycles. The highest BCUT2D eigenvalue weighted by Gasteiger charge is 2.13. The molecule has 0 radical (unpaired) electrons. The number of aromatic amines is 1. The lowest BCUT2D eigenvalue weighted by Crippen LogP contribution is -1.89. The number of aromatic nitrogens is 3. The molecule has 0 fully saturated rings. The van der Waals surface area contributed by atoms with Gasteiger partial charge in [0, 0.05) is 16.5 Å². The number of nitrogens with one attached hydrogen (secondary N) is 1. The number of hydrogen-bond acceptors (Lipinski definition) is 2. The topological polar surface area (TPSA) is 41.6 Å². The summed E-state index contributed by atoms with van der Waals surface area (Å²) >= 11 is 6.06. The van der Waals surface area contributed by atoms with E-state index in [4.69, 9.17) is 11.6 Å². The standard InChI is InChI=1S/C16H10ClN3/c17-16-19-14(10-6-2-1-3-7-10)13-11-8-4-5-9-12(11)18-15(13)20-16/h1-9H,(H,18,19,20). The first-order valence-corrected chi connectivity index (χ1v) is 6.70. The highest BCUT2D eigenvalue weighted by Crippen LogP contribution is 2.32. The largest absolute Gasteiger partial charge is 0.339 e. The van der Waals surface area contributed by atoms with Crippen molar-refractivity contribution in [3.63, 3.8) is 0 Å². The molecule has 0 unspecified atom stereocenters. The third-order valence-corrected chi connectivity index (χ3v) is 3.55. The van der Waals surface area contributed by atoms with Crippen molar-refractivity contribution < 1.29 is 0 Å². The summed E-state index contributed by atoms with van der Waals surface area (Å²) in [6.45, 7) is 0. The van der Waals surface area contributed by atoms with Crippen LogP contribution in [0.3, 0.4) is 0 Å². The fourth-order valence-electron chi connectivity index (χ4n) is 2.52. The van der Waals surface area contributed by atoms with Gasteiger partial charge in [0.05, 0.1) is 11.1 Å². The highest BCUT2D eigenvalue weighted by molar-refractivity contribution is 6.29. The fraction of sp³-hybridized carbons (Fsp3) is 0. The van der Waals surface area contributed by atoms with E-state index >= 15 is 0 Å². The predicted molar refractivity (Wildman–Crippen MR) is 81.8 cm³/mol. The number of halogens is 1. The van der Waals surface area contributed by atoms with Gasteiger partial charge >= 0.3 is 0 Å². The second-order valence-electron chi connectivity index (χ2n) is 4.60. The Hall–Kier alpha value is -2.39. The minimum atomic E-state index is 0.253.